The highest BCUT2D eigenvalue weighted by Crippen LogP contribution is 2.24. The van der Waals surface area contributed by atoms with E-state index in [0.717, 1.165) is 5.69 Å². The molecule has 0 atom stereocenters. The molecule has 23 heavy (non-hydrogen) atoms. The largest absolute Gasteiger partial charge is 0.325 e. The second kappa shape index (κ2) is 7.73. The topological polar surface area (TPSA) is 74.3 Å². The molecular formula is C16H20N4O2S. The van der Waals surface area contributed by atoms with Gasteiger partial charge < -0.3 is 10.2 Å². The SMILES string of the molecule is CCN(CC)C(=O)Nc1nc(C)c(C(=O)Nc2ccccc2)s1. The number of aromatic nitrogens is 1. The van der Waals surface area contributed by atoms with Crippen molar-refractivity contribution in [1.29, 1.82) is 0 Å². The van der Waals surface area contributed by atoms with E-state index in [9.17, 15) is 9.59 Å². The number of carbonyl (C=O) groups is 2. The molecule has 0 spiro atoms. The molecule has 6 nitrogen and oxygen atoms in total. The van der Waals surface area contributed by atoms with Gasteiger partial charge in [-0.2, -0.15) is 0 Å². The summed E-state index contributed by atoms with van der Waals surface area (Å²) in [6.45, 7) is 6.81. The van der Waals surface area contributed by atoms with Crippen LogP contribution in [0.1, 0.15) is 29.2 Å². The van der Waals surface area contributed by atoms with Crippen LogP contribution in [0.5, 0.6) is 0 Å². The van der Waals surface area contributed by atoms with Crippen molar-refractivity contribution in [2.75, 3.05) is 23.7 Å². The first kappa shape index (κ1) is 17.0. The summed E-state index contributed by atoms with van der Waals surface area (Å²) in [6, 6.07) is 9.01. The molecule has 0 aliphatic carbocycles. The third-order valence-electron chi connectivity index (χ3n) is 3.30. The molecule has 1 aromatic heterocycles. The Labute approximate surface area is 139 Å². The molecule has 0 aliphatic rings. The lowest BCUT2D eigenvalue weighted by molar-refractivity contribution is 0.103. The second-order valence-corrected chi connectivity index (χ2v) is 5.86. The lowest BCUT2D eigenvalue weighted by Crippen LogP contribution is -2.34. The number of rotatable bonds is 5. The van der Waals surface area contributed by atoms with Crippen molar-refractivity contribution in [3.63, 3.8) is 0 Å². The van der Waals surface area contributed by atoms with Gasteiger partial charge >= 0.3 is 6.03 Å². The number of para-hydroxylation sites is 1. The van der Waals surface area contributed by atoms with Gasteiger partial charge in [-0.25, -0.2) is 9.78 Å². The maximum atomic E-state index is 12.3. The maximum absolute atomic E-state index is 12.3. The molecule has 0 saturated heterocycles. The van der Waals surface area contributed by atoms with Crippen molar-refractivity contribution in [3.8, 4) is 0 Å². The first-order valence-electron chi connectivity index (χ1n) is 7.44. The van der Waals surface area contributed by atoms with Crippen LogP contribution < -0.4 is 10.6 Å². The van der Waals surface area contributed by atoms with E-state index in [0.29, 0.717) is 28.8 Å². The number of carbonyl (C=O) groups excluding carboxylic acids is 2. The number of nitrogens with zero attached hydrogens (tertiary/aromatic N) is 2. The van der Waals surface area contributed by atoms with Gasteiger partial charge in [-0.3, -0.25) is 10.1 Å². The minimum absolute atomic E-state index is 0.209. The monoisotopic (exact) mass is 332 g/mol. The zero-order valence-corrected chi connectivity index (χ0v) is 14.2. The molecule has 7 heteroatoms. The number of nitrogens with one attached hydrogen (secondary N) is 2. The van der Waals surface area contributed by atoms with Crippen molar-refractivity contribution in [1.82, 2.24) is 9.88 Å². The lowest BCUT2D eigenvalue weighted by atomic mass is 10.3. The Balaban J connectivity index is 2.08. The Kier molecular flexibility index (Phi) is 5.70. The quantitative estimate of drug-likeness (QED) is 0.879. The predicted octanol–water partition coefficient (Wildman–Crippen LogP) is 3.58. The van der Waals surface area contributed by atoms with Crippen molar-refractivity contribution < 1.29 is 9.59 Å². The van der Waals surface area contributed by atoms with E-state index in [2.05, 4.69) is 15.6 Å². The Morgan fingerprint density at radius 1 is 1.13 bits per heavy atom. The number of aryl methyl sites for hydroxylation is 1. The van der Waals surface area contributed by atoms with Gasteiger partial charge in [0.1, 0.15) is 4.88 Å². The summed E-state index contributed by atoms with van der Waals surface area (Å²) < 4.78 is 0. The van der Waals surface area contributed by atoms with Gasteiger partial charge in [0.25, 0.3) is 5.91 Å². The Morgan fingerprint density at radius 2 is 1.78 bits per heavy atom. The Hall–Kier alpha value is -2.41. The molecule has 122 valence electrons. The van der Waals surface area contributed by atoms with Gasteiger partial charge in [0.15, 0.2) is 5.13 Å². The van der Waals surface area contributed by atoms with Crippen LogP contribution in [0.3, 0.4) is 0 Å². The maximum Gasteiger partial charge on any atom is 0.323 e. The van der Waals surface area contributed by atoms with Crippen LogP contribution in [0.15, 0.2) is 30.3 Å². The fraction of sp³-hybridized carbons (Fsp3) is 0.312. The van der Waals surface area contributed by atoms with E-state index in [1.54, 1.807) is 11.8 Å². The zero-order chi connectivity index (χ0) is 16.8. The predicted molar refractivity (Wildman–Crippen MR) is 93.2 cm³/mol. The van der Waals surface area contributed by atoms with Crippen molar-refractivity contribution >= 4 is 34.1 Å². The first-order chi connectivity index (χ1) is 11.0. The van der Waals surface area contributed by atoms with Crippen LogP contribution >= 0.6 is 11.3 Å². The number of thiazole rings is 1. The molecule has 1 heterocycles. The van der Waals surface area contributed by atoms with Gasteiger partial charge in [-0.05, 0) is 32.9 Å². The summed E-state index contributed by atoms with van der Waals surface area (Å²) in [6.07, 6.45) is 0. The van der Waals surface area contributed by atoms with Crippen LogP contribution in [-0.4, -0.2) is 34.9 Å². The molecule has 1 aromatic carbocycles. The van der Waals surface area contributed by atoms with Gasteiger partial charge in [0.2, 0.25) is 0 Å². The normalized spacial score (nSPS) is 10.2. The highest BCUT2D eigenvalue weighted by atomic mass is 32.1. The number of hydrogen-bond donors (Lipinski definition) is 2. The molecule has 2 aromatic rings. The van der Waals surface area contributed by atoms with E-state index < -0.39 is 0 Å². The summed E-state index contributed by atoms with van der Waals surface area (Å²) in [5.74, 6) is -0.227. The van der Waals surface area contributed by atoms with E-state index in [1.807, 2.05) is 44.2 Å². The van der Waals surface area contributed by atoms with Gasteiger partial charge in [-0.15, -0.1) is 0 Å². The van der Waals surface area contributed by atoms with Gasteiger partial charge in [-0.1, -0.05) is 29.5 Å². The molecule has 0 fully saturated rings. The fourth-order valence-electron chi connectivity index (χ4n) is 2.05. The van der Waals surface area contributed by atoms with E-state index >= 15 is 0 Å². The van der Waals surface area contributed by atoms with Gasteiger partial charge in [0.05, 0.1) is 5.69 Å². The van der Waals surface area contributed by atoms with Crippen LogP contribution in [0.4, 0.5) is 15.6 Å². The summed E-state index contributed by atoms with van der Waals surface area (Å²) in [7, 11) is 0. The number of anilines is 2. The van der Waals surface area contributed by atoms with Crippen molar-refractivity contribution in [3.05, 3.63) is 40.9 Å². The minimum atomic E-state index is -0.227. The number of urea groups is 1. The van der Waals surface area contributed by atoms with Crippen molar-refractivity contribution in [2.45, 2.75) is 20.8 Å². The average Bonchev–Trinajstić information content (AvgIpc) is 2.90. The second-order valence-electron chi connectivity index (χ2n) is 4.86. The highest BCUT2D eigenvalue weighted by Gasteiger charge is 2.18. The lowest BCUT2D eigenvalue weighted by Gasteiger charge is -2.17. The molecule has 0 bridgehead atoms. The molecular weight excluding hydrogens is 312 g/mol. The standard InChI is InChI=1S/C16H20N4O2S/c1-4-20(5-2)16(22)19-15-17-11(3)13(23-15)14(21)18-12-9-7-6-8-10-12/h6-10H,4-5H2,1-3H3,(H,18,21)(H,17,19,22). The fourth-order valence-corrected chi connectivity index (χ4v) is 2.90. The summed E-state index contributed by atoms with van der Waals surface area (Å²) in [5, 5.41) is 5.99. The molecule has 2 rings (SSSR count). The summed E-state index contributed by atoms with van der Waals surface area (Å²) in [4.78, 5) is 30.8. The van der Waals surface area contributed by atoms with E-state index in [4.69, 9.17) is 0 Å². The van der Waals surface area contributed by atoms with Gasteiger partial charge in [0, 0.05) is 18.8 Å². The number of benzene rings is 1. The summed E-state index contributed by atoms with van der Waals surface area (Å²) >= 11 is 1.17. The molecule has 0 saturated carbocycles. The molecule has 0 unspecified atom stereocenters. The first-order valence-corrected chi connectivity index (χ1v) is 8.26. The van der Waals surface area contributed by atoms with Crippen molar-refractivity contribution in [2.24, 2.45) is 0 Å². The molecule has 0 radical (unpaired) electrons. The zero-order valence-electron chi connectivity index (χ0n) is 13.4. The van der Waals surface area contributed by atoms with E-state index in [1.165, 1.54) is 11.3 Å². The Bertz CT molecular complexity index is 681. The third-order valence-corrected chi connectivity index (χ3v) is 4.37. The third kappa shape index (κ3) is 4.29. The molecule has 3 amide bonds. The highest BCUT2D eigenvalue weighted by molar-refractivity contribution is 7.17. The van der Waals surface area contributed by atoms with Crippen LogP contribution in [0.25, 0.3) is 0 Å². The van der Waals surface area contributed by atoms with E-state index in [-0.39, 0.29) is 11.9 Å². The minimum Gasteiger partial charge on any atom is -0.325 e. The number of amides is 3. The number of hydrogen-bond acceptors (Lipinski definition) is 4. The molecule has 2 N–H and O–H groups in total. The Morgan fingerprint density at radius 3 is 2.39 bits per heavy atom. The van der Waals surface area contributed by atoms with Crippen LogP contribution in [-0.2, 0) is 0 Å². The summed E-state index contributed by atoms with van der Waals surface area (Å²) in [5.41, 5.74) is 1.32. The molecule has 0 aliphatic heterocycles. The smallest absolute Gasteiger partial charge is 0.323 e. The van der Waals surface area contributed by atoms with Crippen LogP contribution in [0, 0.1) is 6.92 Å². The van der Waals surface area contributed by atoms with Crippen LogP contribution in [0.2, 0.25) is 0 Å². The average molecular weight is 332 g/mol.